The Morgan fingerprint density at radius 1 is 1.12 bits per heavy atom. The summed E-state index contributed by atoms with van der Waals surface area (Å²) >= 11 is 0. The summed E-state index contributed by atoms with van der Waals surface area (Å²) in [5.41, 5.74) is 2.14. The Hall–Kier alpha value is -2.70. The molecule has 1 atom stereocenters. The molecule has 2 aliphatic rings. The average Bonchev–Trinajstić information content (AvgIpc) is 3.39. The van der Waals surface area contributed by atoms with Gasteiger partial charge in [0.2, 0.25) is 5.91 Å². The zero-order valence-electron chi connectivity index (χ0n) is 15.2. The van der Waals surface area contributed by atoms with Crippen molar-refractivity contribution in [3.63, 3.8) is 0 Å². The molecule has 2 fully saturated rings. The molecular formula is C19H23N3O4. The molecule has 1 aromatic carbocycles. The van der Waals surface area contributed by atoms with Gasteiger partial charge in [-0.3, -0.25) is 19.3 Å². The predicted octanol–water partition coefficient (Wildman–Crippen LogP) is 1.76. The van der Waals surface area contributed by atoms with E-state index in [0.717, 1.165) is 33.8 Å². The van der Waals surface area contributed by atoms with Crippen molar-refractivity contribution in [2.24, 2.45) is 5.92 Å². The number of hydrogen-bond acceptors (Lipinski definition) is 4. The minimum atomic E-state index is -0.947. The van der Waals surface area contributed by atoms with Crippen LogP contribution in [0.4, 0.5) is 4.79 Å². The second kappa shape index (κ2) is 6.90. The highest BCUT2D eigenvalue weighted by molar-refractivity contribution is 6.45. The lowest BCUT2D eigenvalue weighted by Gasteiger charge is -2.21. The molecule has 0 bridgehead atoms. The van der Waals surface area contributed by atoms with Crippen LogP contribution in [0, 0.1) is 12.8 Å². The van der Waals surface area contributed by atoms with E-state index in [2.05, 4.69) is 5.32 Å². The molecule has 0 aromatic heterocycles. The number of urea groups is 1. The van der Waals surface area contributed by atoms with Crippen LogP contribution in [0.15, 0.2) is 24.3 Å². The van der Waals surface area contributed by atoms with Crippen molar-refractivity contribution < 1.29 is 19.2 Å². The lowest BCUT2D eigenvalue weighted by molar-refractivity contribution is -0.144. The Morgan fingerprint density at radius 2 is 1.73 bits per heavy atom. The minimum absolute atomic E-state index is 0.146. The monoisotopic (exact) mass is 357 g/mol. The molecule has 1 saturated heterocycles. The van der Waals surface area contributed by atoms with Crippen molar-refractivity contribution in [3.8, 4) is 0 Å². The summed E-state index contributed by atoms with van der Waals surface area (Å²) in [7, 11) is 0. The molecule has 138 valence electrons. The fraction of sp³-hybridized carbons (Fsp3) is 0.474. The van der Waals surface area contributed by atoms with Crippen LogP contribution in [0.25, 0.3) is 0 Å². The highest BCUT2D eigenvalue weighted by Crippen LogP contribution is 2.41. The summed E-state index contributed by atoms with van der Waals surface area (Å²) in [6, 6.07) is 6.63. The summed E-state index contributed by atoms with van der Waals surface area (Å²) in [6.07, 6.45) is 2.06. The summed E-state index contributed by atoms with van der Waals surface area (Å²) in [5.74, 6) is -1.91. The van der Waals surface area contributed by atoms with Crippen molar-refractivity contribution in [2.75, 3.05) is 6.54 Å². The van der Waals surface area contributed by atoms with Gasteiger partial charge in [0.1, 0.15) is 6.54 Å². The van der Waals surface area contributed by atoms with Crippen LogP contribution in [0.1, 0.15) is 43.9 Å². The van der Waals surface area contributed by atoms with E-state index in [9.17, 15) is 19.2 Å². The highest BCUT2D eigenvalue weighted by Gasteiger charge is 2.46. The van der Waals surface area contributed by atoms with Crippen molar-refractivity contribution >= 4 is 23.8 Å². The number of hydrogen-bond donors (Lipinski definition) is 1. The number of nitrogens with zero attached hydrogens (tertiary/aromatic N) is 2. The quantitative estimate of drug-likeness (QED) is 0.621. The van der Waals surface area contributed by atoms with Gasteiger partial charge in [-0.25, -0.2) is 9.69 Å². The maximum Gasteiger partial charge on any atom is 0.334 e. The van der Waals surface area contributed by atoms with Gasteiger partial charge < -0.3 is 5.32 Å². The van der Waals surface area contributed by atoms with Crippen molar-refractivity contribution in [3.05, 3.63) is 35.4 Å². The van der Waals surface area contributed by atoms with Gasteiger partial charge in [-0.2, -0.15) is 0 Å². The topological polar surface area (TPSA) is 86.8 Å². The number of nitrogens with one attached hydrogen (secondary N) is 1. The molecule has 7 nitrogen and oxygen atoms in total. The highest BCUT2D eigenvalue weighted by atomic mass is 16.2. The predicted molar refractivity (Wildman–Crippen MR) is 93.9 cm³/mol. The zero-order valence-corrected chi connectivity index (χ0v) is 15.2. The third kappa shape index (κ3) is 3.47. The lowest BCUT2D eigenvalue weighted by Crippen LogP contribution is -2.43. The summed E-state index contributed by atoms with van der Waals surface area (Å²) in [4.78, 5) is 50.3. The van der Waals surface area contributed by atoms with Crippen molar-refractivity contribution in [1.29, 1.82) is 0 Å². The van der Waals surface area contributed by atoms with Gasteiger partial charge in [0, 0.05) is 6.04 Å². The SMILES string of the molecule is Cc1ccc(C(NC(=O)CN2C(=O)C(=O)N(C(C)C)C2=O)C2CC2)cc1. The summed E-state index contributed by atoms with van der Waals surface area (Å²) < 4.78 is 0. The molecule has 1 aliphatic heterocycles. The van der Waals surface area contributed by atoms with E-state index in [-0.39, 0.29) is 6.04 Å². The van der Waals surface area contributed by atoms with E-state index in [1.54, 1.807) is 13.8 Å². The fourth-order valence-corrected chi connectivity index (χ4v) is 3.16. The van der Waals surface area contributed by atoms with Gasteiger partial charge in [-0.1, -0.05) is 29.8 Å². The minimum Gasteiger partial charge on any atom is -0.347 e. The summed E-state index contributed by atoms with van der Waals surface area (Å²) in [5, 5.41) is 2.93. The largest absolute Gasteiger partial charge is 0.347 e. The number of imide groups is 2. The molecular weight excluding hydrogens is 334 g/mol. The van der Waals surface area contributed by atoms with Crippen molar-refractivity contribution in [2.45, 2.75) is 45.7 Å². The van der Waals surface area contributed by atoms with Gasteiger partial charge >= 0.3 is 17.8 Å². The van der Waals surface area contributed by atoms with Crippen LogP contribution in [0.2, 0.25) is 0 Å². The Balaban J connectivity index is 1.69. The van der Waals surface area contributed by atoms with Gasteiger partial charge in [0.15, 0.2) is 0 Å². The van der Waals surface area contributed by atoms with Crippen LogP contribution < -0.4 is 5.32 Å². The normalized spacial score (nSPS) is 18.7. The van der Waals surface area contributed by atoms with E-state index in [1.165, 1.54) is 0 Å². The number of carbonyl (C=O) groups excluding carboxylic acids is 4. The van der Waals surface area contributed by atoms with Crippen LogP contribution in [-0.2, 0) is 14.4 Å². The first kappa shape index (κ1) is 18.1. The Morgan fingerprint density at radius 3 is 2.23 bits per heavy atom. The molecule has 26 heavy (non-hydrogen) atoms. The molecule has 0 radical (unpaired) electrons. The maximum atomic E-state index is 12.5. The van der Waals surface area contributed by atoms with Gasteiger partial charge in [0.05, 0.1) is 6.04 Å². The maximum absolute atomic E-state index is 12.5. The molecule has 1 saturated carbocycles. The molecule has 1 aliphatic carbocycles. The number of aryl methyl sites for hydroxylation is 1. The van der Waals surface area contributed by atoms with E-state index >= 15 is 0 Å². The molecule has 1 unspecified atom stereocenters. The fourth-order valence-electron chi connectivity index (χ4n) is 3.16. The van der Waals surface area contributed by atoms with Crippen LogP contribution in [0.5, 0.6) is 0 Å². The first-order valence-electron chi connectivity index (χ1n) is 8.84. The van der Waals surface area contributed by atoms with E-state index in [1.807, 2.05) is 31.2 Å². The van der Waals surface area contributed by atoms with E-state index in [0.29, 0.717) is 5.92 Å². The number of carbonyl (C=O) groups is 4. The molecule has 1 aromatic rings. The van der Waals surface area contributed by atoms with Gasteiger partial charge in [0.25, 0.3) is 0 Å². The molecule has 3 rings (SSSR count). The first-order chi connectivity index (χ1) is 12.3. The average molecular weight is 357 g/mol. The molecule has 1 N–H and O–H groups in total. The van der Waals surface area contributed by atoms with Crippen molar-refractivity contribution in [1.82, 2.24) is 15.1 Å². The van der Waals surface area contributed by atoms with Gasteiger partial charge in [-0.05, 0) is 45.1 Å². The van der Waals surface area contributed by atoms with E-state index < -0.39 is 36.3 Å². The first-order valence-corrected chi connectivity index (χ1v) is 8.84. The number of benzene rings is 1. The van der Waals surface area contributed by atoms with E-state index in [4.69, 9.17) is 0 Å². The van der Waals surface area contributed by atoms with Crippen LogP contribution in [-0.4, -0.2) is 46.1 Å². The summed E-state index contributed by atoms with van der Waals surface area (Å²) in [6.45, 7) is 4.85. The number of amides is 5. The van der Waals surface area contributed by atoms with Crippen LogP contribution >= 0.6 is 0 Å². The Kier molecular flexibility index (Phi) is 4.80. The Labute approximate surface area is 152 Å². The lowest BCUT2D eigenvalue weighted by atomic mass is 10.0. The smallest absolute Gasteiger partial charge is 0.334 e. The van der Waals surface area contributed by atoms with Crippen LogP contribution in [0.3, 0.4) is 0 Å². The van der Waals surface area contributed by atoms with Gasteiger partial charge in [-0.15, -0.1) is 0 Å². The standard InChI is InChI=1S/C19H23N3O4/c1-11(2)22-18(25)17(24)21(19(22)26)10-15(23)20-16(14-8-9-14)13-6-4-12(3)5-7-13/h4-7,11,14,16H,8-10H2,1-3H3,(H,20,23). The molecule has 1 heterocycles. The molecule has 7 heteroatoms. The molecule has 5 amide bonds. The zero-order chi connectivity index (χ0) is 19.0. The number of rotatable bonds is 6. The third-order valence-corrected chi connectivity index (χ3v) is 4.75. The second-order valence-electron chi connectivity index (χ2n) is 7.24. The molecule has 0 spiro atoms. The second-order valence-corrected chi connectivity index (χ2v) is 7.24. The third-order valence-electron chi connectivity index (χ3n) is 4.75. The Bertz CT molecular complexity index is 753.